The first-order valence-electron chi connectivity index (χ1n) is 10.2. The number of H-pyrrole nitrogens is 1. The summed E-state index contributed by atoms with van der Waals surface area (Å²) in [6, 6.07) is 11.8. The molecule has 0 aliphatic heterocycles. The van der Waals surface area contributed by atoms with Gasteiger partial charge in [-0.05, 0) is 55.8 Å². The molecule has 1 amide bonds. The fourth-order valence-corrected chi connectivity index (χ4v) is 3.47. The second-order valence-electron chi connectivity index (χ2n) is 7.12. The highest BCUT2D eigenvalue weighted by Gasteiger charge is 2.17. The van der Waals surface area contributed by atoms with Crippen molar-refractivity contribution < 1.29 is 14.3 Å². The molecule has 0 aliphatic carbocycles. The summed E-state index contributed by atoms with van der Waals surface area (Å²) in [5, 5.41) is 4.40. The maximum atomic E-state index is 12.8. The van der Waals surface area contributed by atoms with Crippen LogP contribution in [0.3, 0.4) is 0 Å². The average molecular weight is 433 g/mol. The molecule has 0 fully saturated rings. The number of primary amides is 1. The third-order valence-corrected chi connectivity index (χ3v) is 4.98. The third-order valence-electron chi connectivity index (χ3n) is 4.98. The van der Waals surface area contributed by atoms with Gasteiger partial charge >= 0.3 is 0 Å². The highest BCUT2D eigenvalue weighted by Crippen LogP contribution is 2.34. The van der Waals surface area contributed by atoms with Gasteiger partial charge < -0.3 is 20.2 Å². The van der Waals surface area contributed by atoms with E-state index in [0.717, 1.165) is 5.69 Å². The summed E-state index contributed by atoms with van der Waals surface area (Å²) < 4.78 is 13.2. The van der Waals surface area contributed by atoms with Crippen molar-refractivity contribution >= 4 is 16.9 Å². The van der Waals surface area contributed by atoms with E-state index in [1.165, 1.54) is 0 Å². The number of carbonyl (C=O) groups is 1. The molecule has 4 rings (SSSR count). The van der Waals surface area contributed by atoms with E-state index in [9.17, 15) is 9.59 Å². The van der Waals surface area contributed by atoms with Gasteiger partial charge in [0.2, 0.25) is 5.91 Å². The summed E-state index contributed by atoms with van der Waals surface area (Å²) >= 11 is 0. The molecule has 32 heavy (non-hydrogen) atoms. The van der Waals surface area contributed by atoms with Crippen LogP contribution in [0.2, 0.25) is 0 Å². The van der Waals surface area contributed by atoms with Gasteiger partial charge in [0.25, 0.3) is 5.56 Å². The molecule has 9 nitrogen and oxygen atoms in total. The maximum Gasteiger partial charge on any atom is 0.277 e. The number of aromatic amines is 1. The Balaban J connectivity index is 1.79. The molecule has 0 unspecified atom stereocenters. The summed E-state index contributed by atoms with van der Waals surface area (Å²) in [4.78, 5) is 31.6. The number of amides is 1. The number of benzene rings is 2. The molecule has 0 bridgehead atoms. The number of nitrogens with one attached hydrogen (secondary N) is 1. The summed E-state index contributed by atoms with van der Waals surface area (Å²) in [6.45, 7) is 4.29. The minimum absolute atomic E-state index is 0.282. The molecule has 0 saturated heterocycles. The van der Waals surface area contributed by atoms with Gasteiger partial charge in [0.15, 0.2) is 5.52 Å². The van der Waals surface area contributed by atoms with Crippen LogP contribution in [-0.4, -0.2) is 32.3 Å². The van der Waals surface area contributed by atoms with Gasteiger partial charge in [-0.15, -0.1) is 0 Å². The molecule has 0 aliphatic rings. The van der Waals surface area contributed by atoms with Crippen LogP contribution < -0.4 is 20.8 Å². The number of hydrogen-bond acceptors (Lipinski definition) is 6. The van der Waals surface area contributed by atoms with Crippen LogP contribution in [0, 0.1) is 0 Å². The molecule has 2 aromatic heterocycles. The molecule has 0 saturated carbocycles. The van der Waals surface area contributed by atoms with Gasteiger partial charge in [0, 0.05) is 12.6 Å². The van der Waals surface area contributed by atoms with E-state index < -0.39 is 5.91 Å². The van der Waals surface area contributed by atoms with Gasteiger partial charge in [0.1, 0.15) is 28.6 Å². The number of ether oxygens (including phenoxy) is 2. The Hall–Kier alpha value is -4.14. The van der Waals surface area contributed by atoms with Crippen LogP contribution in [0.25, 0.3) is 22.4 Å². The number of aromatic nitrogens is 4. The Kier molecular flexibility index (Phi) is 5.63. The lowest BCUT2D eigenvalue weighted by Crippen LogP contribution is -2.12. The van der Waals surface area contributed by atoms with E-state index in [1.54, 1.807) is 54.2 Å². The smallest absolute Gasteiger partial charge is 0.277 e. The molecule has 0 radical (unpaired) electrons. The van der Waals surface area contributed by atoms with E-state index in [-0.39, 0.29) is 5.56 Å². The second-order valence-corrected chi connectivity index (χ2v) is 7.12. The van der Waals surface area contributed by atoms with Crippen LogP contribution in [0.15, 0.2) is 47.3 Å². The van der Waals surface area contributed by atoms with Crippen LogP contribution in [0.4, 0.5) is 0 Å². The monoisotopic (exact) mass is 433 g/mol. The van der Waals surface area contributed by atoms with Crippen LogP contribution >= 0.6 is 0 Å². The van der Waals surface area contributed by atoms with Crippen molar-refractivity contribution in [3.63, 3.8) is 0 Å². The van der Waals surface area contributed by atoms with Crippen LogP contribution in [0.5, 0.6) is 17.2 Å². The fourth-order valence-electron chi connectivity index (χ4n) is 3.47. The summed E-state index contributed by atoms with van der Waals surface area (Å²) in [5.41, 5.74) is 7.71. The lowest BCUT2D eigenvalue weighted by Gasteiger charge is -2.13. The second kappa shape index (κ2) is 8.54. The molecule has 4 aromatic rings. The zero-order valence-electron chi connectivity index (χ0n) is 18.0. The molecule has 164 valence electrons. The third kappa shape index (κ3) is 3.92. The quantitative estimate of drug-likeness (QED) is 0.461. The van der Waals surface area contributed by atoms with E-state index in [4.69, 9.17) is 20.2 Å². The van der Waals surface area contributed by atoms with E-state index >= 15 is 0 Å². The highest BCUT2D eigenvalue weighted by molar-refractivity contribution is 5.92. The number of nitrogens with zero attached hydrogens (tertiary/aromatic N) is 3. The average Bonchev–Trinajstić information content (AvgIpc) is 3.11. The maximum absolute atomic E-state index is 12.8. The number of fused-ring (bicyclic) bond motifs is 1. The number of rotatable bonds is 7. The molecule has 0 spiro atoms. The number of hydrogen-bond donors (Lipinski definition) is 2. The Labute approximate surface area is 183 Å². The van der Waals surface area contributed by atoms with Crippen molar-refractivity contribution in [2.75, 3.05) is 6.61 Å². The van der Waals surface area contributed by atoms with Crippen molar-refractivity contribution in [3.05, 3.63) is 64.1 Å². The SMILES string of the molecule is CCOc1ccc(Oc2ccc(C(N)=O)cc2)cc1-c1nc2c(CC)nn(C)c2c(=O)[nH]1. The standard InChI is InChI=1S/C23H23N5O4/c1-4-17-19-20(28(3)27-17)23(30)26-22(25-19)16-12-15(10-11-18(16)31-5-2)32-14-8-6-13(7-9-14)21(24)29/h6-12H,4-5H2,1-3H3,(H2,24,29)(H,25,26,30). The van der Waals surface area contributed by atoms with Crippen LogP contribution in [-0.2, 0) is 13.5 Å². The lowest BCUT2D eigenvalue weighted by molar-refractivity contribution is 0.100. The normalized spacial score (nSPS) is 11.0. The Morgan fingerprint density at radius 2 is 1.84 bits per heavy atom. The largest absolute Gasteiger partial charge is 0.493 e. The Bertz CT molecular complexity index is 1360. The van der Waals surface area contributed by atoms with Crippen molar-refractivity contribution in [1.29, 1.82) is 0 Å². The summed E-state index contributed by atoms with van der Waals surface area (Å²) in [7, 11) is 1.72. The van der Waals surface area contributed by atoms with Crippen molar-refractivity contribution in [2.45, 2.75) is 20.3 Å². The minimum atomic E-state index is -0.507. The van der Waals surface area contributed by atoms with Gasteiger partial charge in [-0.25, -0.2) is 4.98 Å². The first-order valence-corrected chi connectivity index (χ1v) is 10.2. The Morgan fingerprint density at radius 1 is 1.12 bits per heavy atom. The number of carbonyl (C=O) groups excluding carboxylic acids is 1. The first kappa shape index (κ1) is 21.1. The number of nitrogens with two attached hydrogens (primary N) is 1. The summed E-state index contributed by atoms with van der Waals surface area (Å²) in [6.07, 6.45) is 0.649. The molecule has 9 heteroatoms. The Morgan fingerprint density at radius 3 is 2.50 bits per heavy atom. The van der Waals surface area contributed by atoms with Gasteiger partial charge in [-0.3, -0.25) is 14.3 Å². The van der Waals surface area contributed by atoms with E-state index in [2.05, 4.69) is 10.1 Å². The molecular weight excluding hydrogens is 410 g/mol. The molecule has 2 aromatic carbocycles. The highest BCUT2D eigenvalue weighted by atomic mass is 16.5. The van der Waals surface area contributed by atoms with Gasteiger partial charge in [0.05, 0.1) is 17.9 Å². The zero-order chi connectivity index (χ0) is 22.8. The van der Waals surface area contributed by atoms with Crippen molar-refractivity contribution in [1.82, 2.24) is 19.7 Å². The van der Waals surface area contributed by atoms with Crippen molar-refractivity contribution in [2.24, 2.45) is 12.8 Å². The molecular formula is C23H23N5O4. The molecule has 2 heterocycles. The van der Waals surface area contributed by atoms with E-state index in [0.29, 0.717) is 58.3 Å². The molecule has 3 N–H and O–H groups in total. The van der Waals surface area contributed by atoms with Gasteiger partial charge in [-0.1, -0.05) is 6.92 Å². The molecule has 0 atom stereocenters. The minimum Gasteiger partial charge on any atom is -0.493 e. The number of aryl methyl sites for hydroxylation is 2. The zero-order valence-corrected chi connectivity index (χ0v) is 18.0. The lowest BCUT2D eigenvalue weighted by atomic mass is 10.1. The topological polar surface area (TPSA) is 125 Å². The predicted octanol–water partition coefficient (Wildman–Crippen LogP) is 3.18. The first-order chi connectivity index (χ1) is 15.4. The van der Waals surface area contributed by atoms with Gasteiger partial charge in [-0.2, -0.15) is 5.10 Å². The van der Waals surface area contributed by atoms with Crippen molar-refractivity contribution in [3.8, 4) is 28.6 Å². The van der Waals surface area contributed by atoms with E-state index in [1.807, 2.05) is 13.8 Å². The fraction of sp³-hybridized carbons (Fsp3) is 0.217. The van der Waals surface area contributed by atoms with Crippen LogP contribution in [0.1, 0.15) is 29.9 Å². The predicted molar refractivity (Wildman–Crippen MR) is 120 cm³/mol. The summed E-state index contributed by atoms with van der Waals surface area (Å²) in [5.74, 6) is 1.46.